The van der Waals surface area contributed by atoms with E-state index in [1.54, 1.807) is 13.8 Å². The number of aliphatic hydroxyl groups is 2. The van der Waals surface area contributed by atoms with Gasteiger partial charge in [-0.2, -0.15) is 0 Å². The van der Waals surface area contributed by atoms with Crippen molar-refractivity contribution in [1.82, 2.24) is 0 Å². The Balaban J connectivity index is 2.80. The van der Waals surface area contributed by atoms with Crippen molar-refractivity contribution in [3.05, 3.63) is 0 Å². The van der Waals surface area contributed by atoms with Gasteiger partial charge in [0.15, 0.2) is 0 Å². The SMILES string of the molecule is CC1OC(C)(O)C(C)(O)OC1C. The van der Waals surface area contributed by atoms with Gasteiger partial charge in [0.25, 0.3) is 0 Å². The van der Waals surface area contributed by atoms with Crippen LogP contribution in [0.5, 0.6) is 0 Å². The first kappa shape index (κ1) is 9.92. The minimum Gasteiger partial charge on any atom is -0.362 e. The van der Waals surface area contributed by atoms with Crippen molar-refractivity contribution in [3.63, 3.8) is 0 Å². The normalized spacial score (nSPS) is 55.5. The maximum atomic E-state index is 9.59. The summed E-state index contributed by atoms with van der Waals surface area (Å²) in [6.45, 7) is 6.34. The van der Waals surface area contributed by atoms with Gasteiger partial charge in [-0.3, -0.25) is 0 Å². The second-order valence-electron chi connectivity index (χ2n) is 3.61. The summed E-state index contributed by atoms with van der Waals surface area (Å²) in [5.41, 5.74) is 0. The van der Waals surface area contributed by atoms with E-state index >= 15 is 0 Å². The van der Waals surface area contributed by atoms with Gasteiger partial charge in [0.2, 0.25) is 11.6 Å². The Hall–Kier alpha value is -0.160. The molecule has 1 aliphatic rings. The molecule has 1 aliphatic heterocycles. The van der Waals surface area contributed by atoms with Gasteiger partial charge in [0.05, 0.1) is 12.2 Å². The second-order valence-corrected chi connectivity index (χ2v) is 3.61. The minimum atomic E-state index is -1.64. The lowest BCUT2D eigenvalue weighted by Crippen LogP contribution is -2.62. The fraction of sp³-hybridized carbons (Fsp3) is 1.00. The maximum Gasteiger partial charge on any atom is 0.218 e. The Kier molecular flexibility index (Phi) is 2.21. The predicted molar refractivity (Wildman–Crippen MR) is 42.3 cm³/mol. The highest BCUT2D eigenvalue weighted by molar-refractivity contribution is 4.85. The average molecular weight is 176 g/mol. The summed E-state index contributed by atoms with van der Waals surface area (Å²) in [7, 11) is 0. The molecule has 4 unspecified atom stereocenters. The first-order valence-electron chi connectivity index (χ1n) is 4.06. The molecule has 4 nitrogen and oxygen atoms in total. The number of hydrogen-bond acceptors (Lipinski definition) is 4. The first-order chi connectivity index (χ1) is 5.26. The van der Waals surface area contributed by atoms with Crippen LogP contribution in [-0.2, 0) is 9.47 Å². The van der Waals surface area contributed by atoms with Crippen LogP contribution in [0.2, 0.25) is 0 Å². The van der Waals surface area contributed by atoms with Gasteiger partial charge >= 0.3 is 0 Å². The summed E-state index contributed by atoms with van der Waals surface area (Å²) in [5, 5.41) is 19.2. The number of ether oxygens (including phenoxy) is 2. The lowest BCUT2D eigenvalue weighted by atomic mass is 10.1. The zero-order chi connectivity index (χ0) is 9.57. The topological polar surface area (TPSA) is 58.9 Å². The van der Waals surface area contributed by atoms with E-state index in [0.717, 1.165) is 0 Å². The Labute approximate surface area is 72.1 Å². The number of rotatable bonds is 0. The molecule has 2 N–H and O–H groups in total. The van der Waals surface area contributed by atoms with Gasteiger partial charge < -0.3 is 19.7 Å². The van der Waals surface area contributed by atoms with Gasteiger partial charge in [0, 0.05) is 0 Å². The van der Waals surface area contributed by atoms with E-state index in [-0.39, 0.29) is 12.2 Å². The molecule has 4 atom stereocenters. The van der Waals surface area contributed by atoms with E-state index in [1.807, 2.05) is 0 Å². The zero-order valence-electron chi connectivity index (χ0n) is 7.87. The summed E-state index contributed by atoms with van der Waals surface area (Å²) >= 11 is 0. The third-order valence-electron chi connectivity index (χ3n) is 2.35. The molecule has 12 heavy (non-hydrogen) atoms. The molecule has 0 saturated carbocycles. The standard InChI is InChI=1S/C8H16O4/c1-5-6(2)12-8(4,10)7(3,9)11-5/h5-6,9-10H,1-4H3. The van der Waals surface area contributed by atoms with Crippen LogP contribution in [0.4, 0.5) is 0 Å². The zero-order valence-corrected chi connectivity index (χ0v) is 7.87. The molecule has 4 heteroatoms. The van der Waals surface area contributed by atoms with Crippen LogP contribution in [-0.4, -0.2) is 34.0 Å². The molecular weight excluding hydrogens is 160 g/mol. The van der Waals surface area contributed by atoms with Crippen LogP contribution in [0, 0.1) is 0 Å². The first-order valence-corrected chi connectivity index (χ1v) is 4.06. The van der Waals surface area contributed by atoms with E-state index in [9.17, 15) is 10.2 Å². The van der Waals surface area contributed by atoms with Crippen molar-refractivity contribution in [1.29, 1.82) is 0 Å². The molecule has 0 amide bonds. The van der Waals surface area contributed by atoms with E-state index in [0.29, 0.717) is 0 Å². The van der Waals surface area contributed by atoms with Gasteiger partial charge in [-0.1, -0.05) is 0 Å². The van der Waals surface area contributed by atoms with Crippen molar-refractivity contribution in [2.45, 2.75) is 51.5 Å². The predicted octanol–water partition coefficient (Wildman–Crippen LogP) is 0.227. The Morgan fingerprint density at radius 1 is 0.917 bits per heavy atom. The highest BCUT2D eigenvalue weighted by Crippen LogP contribution is 2.33. The number of hydrogen-bond donors (Lipinski definition) is 2. The molecule has 0 radical (unpaired) electrons. The molecular formula is C8H16O4. The molecule has 0 bridgehead atoms. The second kappa shape index (κ2) is 2.67. The van der Waals surface area contributed by atoms with Crippen molar-refractivity contribution in [3.8, 4) is 0 Å². The molecule has 0 spiro atoms. The van der Waals surface area contributed by atoms with Crippen LogP contribution in [0.1, 0.15) is 27.7 Å². The molecule has 0 aromatic carbocycles. The van der Waals surface area contributed by atoms with Gasteiger partial charge in [0.1, 0.15) is 0 Å². The highest BCUT2D eigenvalue weighted by atomic mass is 16.7. The van der Waals surface area contributed by atoms with Crippen LogP contribution in [0.3, 0.4) is 0 Å². The molecule has 1 rings (SSSR count). The van der Waals surface area contributed by atoms with E-state index < -0.39 is 11.6 Å². The Morgan fingerprint density at radius 3 is 1.42 bits per heavy atom. The van der Waals surface area contributed by atoms with Crippen molar-refractivity contribution in [2.24, 2.45) is 0 Å². The lowest BCUT2D eigenvalue weighted by Gasteiger charge is -2.46. The largest absolute Gasteiger partial charge is 0.362 e. The molecule has 0 aromatic rings. The summed E-state index contributed by atoms with van der Waals surface area (Å²) in [5.74, 6) is -3.28. The maximum absolute atomic E-state index is 9.59. The molecule has 1 heterocycles. The highest BCUT2D eigenvalue weighted by Gasteiger charge is 2.51. The molecule has 1 fully saturated rings. The van der Waals surface area contributed by atoms with Crippen LogP contribution in [0.15, 0.2) is 0 Å². The van der Waals surface area contributed by atoms with Gasteiger partial charge in [-0.05, 0) is 27.7 Å². The quantitative estimate of drug-likeness (QED) is 0.554. The molecule has 72 valence electrons. The molecule has 0 aromatic heterocycles. The van der Waals surface area contributed by atoms with E-state index in [2.05, 4.69) is 0 Å². The fourth-order valence-electron chi connectivity index (χ4n) is 1.13. The van der Waals surface area contributed by atoms with Crippen LogP contribution >= 0.6 is 0 Å². The van der Waals surface area contributed by atoms with Crippen molar-refractivity contribution >= 4 is 0 Å². The minimum absolute atomic E-state index is 0.222. The van der Waals surface area contributed by atoms with Crippen LogP contribution in [0.25, 0.3) is 0 Å². The molecule has 1 saturated heterocycles. The summed E-state index contributed by atoms with van der Waals surface area (Å²) < 4.78 is 10.4. The Bertz CT molecular complexity index is 156. The summed E-state index contributed by atoms with van der Waals surface area (Å²) in [6, 6.07) is 0. The van der Waals surface area contributed by atoms with Gasteiger partial charge in [-0.25, -0.2) is 0 Å². The summed E-state index contributed by atoms with van der Waals surface area (Å²) in [6.07, 6.45) is -0.444. The van der Waals surface area contributed by atoms with Crippen LogP contribution < -0.4 is 0 Å². The summed E-state index contributed by atoms with van der Waals surface area (Å²) in [4.78, 5) is 0. The van der Waals surface area contributed by atoms with E-state index in [1.165, 1.54) is 13.8 Å². The lowest BCUT2D eigenvalue weighted by molar-refractivity contribution is -0.433. The van der Waals surface area contributed by atoms with Crippen molar-refractivity contribution < 1.29 is 19.7 Å². The average Bonchev–Trinajstić information content (AvgIpc) is 1.82. The van der Waals surface area contributed by atoms with Gasteiger partial charge in [-0.15, -0.1) is 0 Å². The fourth-order valence-corrected chi connectivity index (χ4v) is 1.13. The monoisotopic (exact) mass is 176 g/mol. The molecule has 0 aliphatic carbocycles. The smallest absolute Gasteiger partial charge is 0.218 e. The third-order valence-corrected chi connectivity index (χ3v) is 2.35. The van der Waals surface area contributed by atoms with Crippen molar-refractivity contribution in [2.75, 3.05) is 0 Å². The Morgan fingerprint density at radius 2 is 1.17 bits per heavy atom. The van der Waals surface area contributed by atoms with E-state index in [4.69, 9.17) is 9.47 Å². The third kappa shape index (κ3) is 1.47.